The summed E-state index contributed by atoms with van der Waals surface area (Å²) in [4.78, 5) is 11.9. The van der Waals surface area contributed by atoms with Gasteiger partial charge in [0.15, 0.2) is 11.5 Å². The number of hydrogen-bond acceptors (Lipinski definition) is 4. The van der Waals surface area contributed by atoms with Crippen LogP contribution in [0.15, 0.2) is 24.8 Å². The van der Waals surface area contributed by atoms with E-state index in [2.05, 4.69) is 11.9 Å². The molecular weight excluding hydrogens is 316 g/mol. The smallest absolute Gasteiger partial charge is 0.237 e. The van der Waals surface area contributed by atoms with E-state index < -0.39 is 6.04 Å². The van der Waals surface area contributed by atoms with Gasteiger partial charge < -0.3 is 20.5 Å². The monoisotopic (exact) mass is 342 g/mol. The van der Waals surface area contributed by atoms with E-state index >= 15 is 0 Å². The molecule has 6 heteroatoms. The zero-order chi connectivity index (χ0) is 16.5. The minimum Gasteiger partial charge on any atom is -0.493 e. The average molecular weight is 343 g/mol. The SMILES string of the molecule is C=CCc1cc(CNC(=O)C(N)CCC)cc(OC)c1OC.Cl. The largest absolute Gasteiger partial charge is 0.493 e. The van der Waals surface area contributed by atoms with Crippen LogP contribution in [0.1, 0.15) is 30.9 Å². The lowest BCUT2D eigenvalue weighted by molar-refractivity contribution is -0.122. The average Bonchev–Trinajstić information content (AvgIpc) is 2.52. The van der Waals surface area contributed by atoms with Crippen molar-refractivity contribution in [3.63, 3.8) is 0 Å². The molecule has 1 aromatic rings. The van der Waals surface area contributed by atoms with E-state index in [0.29, 0.717) is 30.9 Å². The Morgan fingerprint density at radius 3 is 2.61 bits per heavy atom. The summed E-state index contributed by atoms with van der Waals surface area (Å²) < 4.78 is 10.8. The van der Waals surface area contributed by atoms with Gasteiger partial charge in [0.25, 0.3) is 0 Å². The number of benzene rings is 1. The summed E-state index contributed by atoms with van der Waals surface area (Å²) >= 11 is 0. The van der Waals surface area contributed by atoms with E-state index in [9.17, 15) is 4.79 Å². The molecule has 1 aromatic carbocycles. The minimum absolute atomic E-state index is 0. The van der Waals surface area contributed by atoms with Crippen molar-refractivity contribution in [1.29, 1.82) is 0 Å². The van der Waals surface area contributed by atoms with Gasteiger partial charge >= 0.3 is 0 Å². The van der Waals surface area contributed by atoms with E-state index in [-0.39, 0.29) is 18.3 Å². The number of rotatable bonds is 9. The van der Waals surface area contributed by atoms with Gasteiger partial charge in [-0.3, -0.25) is 4.79 Å². The standard InChI is InChI=1S/C17H26N2O3.ClH/c1-5-7-13-9-12(10-15(21-3)16(13)22-4)11-19-17(20)14(18)8-6-2;/h5,9-10,14H,1,6-8,11,18H2,2-4H3,(H,19,20);1H. The molecule has 5 nitrogen and oxygen atoms in total. The van der Waals surface area contributed by atoms with Crippen LogP contribution in [0.2, 0.25) is 0 Å². The van der Waals surface area contributed by atoms with E-state index in [1.165, 1.54) is 0 Å². The molecule has 23 heavy (non-hydrogen) atoms. The maximum Gasteiger partial charge on any atom is 0.237 e. The Kier molecular flexibility index (Phi) is 10.1. The van der Waals surface area contributed by atoms with Crippen LogP contribution in [-0.4, -0.2) is 26.2 Å². The van der Waals surface area contributed by atoms with Gasteiger partial charge in [0.2, 0.25) is 5.91 Å². The fourth-order valence-corrected chi connectivity index (χ4v) is 2.28. The van der Waals surface area contributed by atoms with Crippen molar-refractivity contribution < 1.29 is 14.3 Å². The van der Waals surface area contributed by atoms with Gasteiger partial charge in [-0.1, -0.05) is 19.4 Å². The number of nitrogens with one attached hydrogen (secondary N) is 1. The van der Waals surface area contributed by atoms with Gasteiger partial charge in [0.1, 0.15) is 0 Å². The first kappa shape index (κ1) is 21.3. The topological polar surface area (TPSA) is 73.6 Å². The minimum atomic E-state index is -0.460. The molecule has 0 radical (unpaired) electrons. The fraction of sp³-hybridized carbons (Fsp3) is 0.471. The Morgan fingerprint density at radius 1 is 1.39 bits per heavy atom. The van der Waals surface area contributed by atoms with Crippen LogP contribution in [0.3, 0.4) is 0 Å². The van der Waals surface area contributed by atoms with Crippen LogP contribution < -0.4 is 20.5 Å². The Labute approximate surface area is 144 Å². The molecule has 0 aliphatic heterocycles. The second kappa shape index (κ2) is 10.9. The summed E-state index contributed by atoms with van der Waals surface area (Å²) in [6.45, 7) is 6.16. The van der Waals surface area contributed by atoms with Gasteiger partial charge in [0, 0.05) is 12.1 Å². The van der Waals surface area contributed by atoms with Crippen molar-refractivity contribution in [2.75, 3.05) is 14.2 Å². The molecular formula is C17H27ClN2O3. The van der Waals surface area contributed by atoms with Gasteiger partial charge in [0.05, 0.1) is 20.3 Å². The highest BCUT2D eigenvalue weighted by Crippen LogP contribution is 2.33. The van der Waals surface area contributed by atoms with Crippen LogP contribution >= 0.6 is 12.4 Å². The quantitative estimate of drug-likeness (QED) is 0.676. The molecule has 0 fully saturated rings. The molecule has 3 N–H and O–H groups in total. The van der Waals surface area contributed by atoms with Crippen molar-refractivity contribution in [3.05, 3.63) is 35.9 Å². The number of ether oxygens (including phenoxy) is 2. The van der Waals surface area contributed by atoms with Crippen LogP contribution in [0, 0.1) is 0 Å². The number of methoxy groups -OCH3 is 2. The zero-order valence-electron chi connectivity index (χ0n) is 14.1. The van der Waals surface area contributed by atoms with Crippen molar-refractivity contribution in [1.82, 2.24) is 5.32 Å². The van der Waals surface area contributed by atoms with Crippen molar-refractivity contribution in [3.8, 4) is 11.5 Å². The second-order valence-electron chi connectivity index (χ2n) is 5.10. The van der Waals surface area contributed by atoms with Crippen LogP contribution in [0.25, 0.3) is 0 Å². The lowest BCUT2D eigenvalue weighted by Crippen LogP contribution is -2.40. The van der Waals surface area contributed by atoms with E-state index in [0.717, 1.165) is 17.5 Å². The van der Waals surface area contributed by atoms with Gasteiger partial charge in [-0.05, 0) is 30.5 Å². The fourth-order valence-electron chi connectivity index (χ4n) is 2.28. The molecule has 0 aliphatic carbocycles. The lowest BCUT2D eigenvalue weighted by atomic mass is 10.1. The maximum atomic E-state index is 11.9. The Balaban J connectivity index is 0.00000484. The van der Waals surface area contributed by atoms with Gasteiger partial charge in [-0.25, -0.2) is 0 Å². The third-order valence-corrected chi connectivity index (χ3v) is 3.38. The highest BCUT2D eigenvalue weighted by Gasteiger charge is 2.14. The van der Waals surface area contributed by atoms with Crippen molar-refractivity contribution in [2.45, 2.75) is 38.8 Å². The molecule has 0 saturated heterocycles. The number of amides is 1. The number of carbonyl (C=O) groups is 1. The molecule has 0 aliphatic rings. The second-order valence-corrected chi connectivity index (χ2v) is 5.10. The predicted molar refractivity (Wildman–Crippen MR) is 95.4 cm³/mol. The summed E-state index contributed by atoms with van der Waals surface area (Å²) in [6, 6.07) is 3.38. The molecule has 130 valence electrons. The number of carbonyl (C=O) groups excluding carboxylic acids is 1. The molecule has 1 rings (SSSR count). The summed E-state index contributed by atoms with van der Waals surface area (Å²) in [5.41, 5.74) is 7.71. The molecule has 0 aromatic heterocycles. The summed E-state index contributed by atoms with van der Waals surface area (Å²) in [6.07, 6.45) is 4.03. The highest BCUT2D eigenvalue weighted by molar-refractivity contribution is 5.85. The van der Waals surface area contributed by atoms with Crippen molar-refractivity contribution in [2.24, 2.45) is 5.73 Å². The number of allylic oxidation sites excluding steroid dienone is 1. The maximum absolute atomic E-state index is 11.9. The predicted octanol–water partition coefficient (Wildman–Crippen LogP) is 2.60. The van der Waals surface area contributed by atoms with E-state index in [1.807, 2.05) is 19.1 Å². The first-order valence-electron chi connectivity index (χ1n) is 7.45. The van der Waals surface area contributed by atoms with E-state index in [4.69, 9.17) is 15.2 Å². The molecule has 1 atom stereocenters. The molecule has 0 heterocycles. The Hall–Kier alpha value is -1.72. The third-order valence-electron chi connectivity index (χ3n) is 3.38. The van der Waals surface area contributed by atoms with Crippen LogP contribution in [0.4, 0.5) is 0 Å². The van der Waals surface area contributed by atoms with Gasteiger partial charge in [-0.2, -0.15) is 0 Å². The van der Waals surface area contributed by atoms with Crippen LogP contribution in [-0.2, 0) is 17.8 Å². The Bertz CT molecular complexity index is 521. The normalized spacial score (nSPS) is 11.1. The number of hydrogen-bond donors (Lipinski definition) is 2. The molecule has 0 spiro atoms. The Morgan fingerprint density at radius 2 is 2.09 bits per heavy atom. The molecule has 1 amide bonds. The molecule has 0 bridgehead atoms. The molecule has 0 saturated carbocycles. The lowest BCUT2D eigenvalue weighted by Gasteiger charge is -2.16. The summed E-state index contributed by atoms with van der Waals surface area (Å²) in [7, 11) is 3.20. The zero-order valence-corrected chi connectivity index (χ0v) is 14.9. The van der Waals surface area contributed by atoms with Crippen LogP contribution in [0.5, 0.6) is 11.5 Å². The summed E-state index contributed by atoms with van der Waals surface area (Å²) in [5.74, 6) is 1.20. The third kappa shape index (κ3) is 6.12. The number of halogens is 1. The van der Waals surface area contributed by atoms with Crippen molar-refractivity contribution >= 4 is 18.3 Å². The van der Waals surface area contributed by atoms with Gasteiger partial charge in [-0.15, -0.1) is 19.0 Å². The molecule has 1 unspecified atom stereocenters. The highest BCUT2D eigenvalue weighted by atomic mass is 35.5. The van der Waals surface area contributed by atoms with E-state index in [1.54, 1.807) is 20.3 Å². The first-order valence-corrected chi connectivity index (χ1v) is 7.45. The summed E-state index contributed by atoms with van der Waals surface area (Å²) in [5, 5.41) is 2.86. The number of nitrogens with two attached hydrogens (primary N) is 1. The first-order chi connectivity index (χ1) is 10.6.